The molecule has 0 aliphatic carbocycles. The van der Waals surface area contributed by atoms with E-state index in [-0.39, 0.29) is 5.57 Å². The molecule has 0 radical (unpaired) electrons. The summed E-state index contributed by atoms with van der Waals surface area (Å²) in [5.74, 6) is 0. The van der Waals surface area contributed by atoms with E-state index in [0.717, 1.165) is 24.2 Å². The Labute approximate surface area is 134 Å². The third kappa shape index (κ3) is 3.19. The third-order valence-electron chi connectivity index (χ3n) is 3.38. The van der Waals surface area contributed by atoms with Crippen LogP contribution in [0, 0.1) is 36.5 Å². The van der Waals surface area contributed by atoms with E-state index in [4.69, 9.17) is 10.5 Å². The van der Waals surface area contributed by atoms with Crippen molar-refractivity contribution in [2.75, 3.05) is 5.32 Å². The minimum Gasteiger partial charge on any atom is -0.348 e. The van der Waals surface area contributed by atoms with Gasteiger partial charge in [-0.15, -0.1) is 11.3 Å². The number of nitrogens with zero attached hydrogens (tertiary/aromatic N) is 4. The Bertz CT molecular complexity index is 767. The van der Waals surface area contributed by atoms with Crippen LogP contribution >= 0.6 is 11.3 Å². The van der Waals surface area contributed by atoms with E-state index in [1.807, 2.05) is 5.38 Å². The summed E-state index contributed by atoms with van der Waals surface area (Å²) >= 11 is 1.45. The van der Waals surface area contributed by atoms with Crippen molar-refractivity contribution in [3.8, 4) is 23.4 Å². The average Bonchev–Trinajstić information content (AvgIpc) is 3.08. The predicted octanol–water partition coefficient (Wildman–Crippen LogP) is 3.98. The van der Waals surface area contributed by atoms with E-state index >= 15 is 0 Å². The van der Waals surface area contributed by atoms with Crippen LogP contribution in [0.4, 0.5) is 5.13 Å². The van der Waals surface area contributed by atoms with Gasteiger partial charge in [-0.3, -0.25) is 0 Å². The molecule has 2 rings (SSSR count). The minimum absolute atomic E-state index is 0.0258. The quantitative estimate of drug-likeness (QED) is 0.847. The highest BCUT2D eigenvalue weighted by Gasteiger charge is 2.13. The zero-order valence-electron chi connectivity index (χ0n) is 12.8. The number of rotatable bonds is 5. The van der Waals surface area contributed by atoms with Crippen LogP contribution in [0.2, 0.25) is 0 Å². The number of nitrogens with one attached hydrogen (secondary N) is 1. The van der Waals surface area contributed by atoms with Crippen LogP contribution in [-0.2, 0) is 6.54 Å². The van der Waals surface area contributed by atoms with E-state index in [9.17, 15) is 0 Å². The van der Waals surface area contributed by atoms with E-state index in [1.165, 1.54) is 28.9 Å². The van der Waals surface area contributed by atoms with Gasteiger partial charge in [-0.25, -0.2) is 4.98 Å². The highest BCUT2D eigenvalue weighted by Crippen LogP contribution is 2.30. The van der Waals surface area contributed by atoms with Gasteiger partial charge in [0, 0.05) is 35.1 Å². The van der Waals surface area contributed by atoms with Crippen molar-refractivity contribution in [2.45, 2.75) is 33.7 Å². The van der Waals surface area contributed by atoms with Crippen LogP contribution in [0.15, 0.2) is 23.2 Å². The molecule has 2 aromatic heterocycles. The number of nitriles is 2. The predicted molar refractivity (Wildman–Crippen MR) is 88.2 cm³/mol. The lowest BCUT2D eigenvalue weighted by molar-refractivity contribution is 0.649. The van der Waals surface area contributed by atoms with Crippen LogP contribution in [-0.4, -0.2) is 9.55 Å². The summed E-state index contributed by atoms with van der Waals surface area (Å²) in [6.07, 6.45) is 2.47. The van der Waals surface area contributed by atoms with Crippen molar-refractivity contribution < 1.29 is 0 Å². The van der Waals surface area contributed by atoms with Crippen molar-refractivity contribution in [3.05, 3.63) is 34.6 Å². The number of anilines is 1. The van der Waals surface area contributed by atoms with Gasteiger partial charge in [0.05, 0.1) is 5.69 Å². The van der Waals surface area contributed by atoms with Gasteiger partial charge in [-0.1, -0.05) is 6.92 Å². The van der Waals surface area contributed by atoms with Crippen molar-refractivity contribution in [1.82, 2.24) is 9.55 Å². The molecule has 0 saturated carbocycles. The topological polar surface area (TPSA) is 77.4 Å². The molecule has 2 aromatic rings. The van der Waals surface area contributed by atoms with Gasteiger partial charge in [-0.05, 0) is 26.3 Å². The summed E-state index contributed by atoms with van der Waals surface area (Å²) in [6.45, 7) is 7.38. The molecular formula is C16H17N5S. The molecule has 0 spiro atoms. The Morgan fingerprint density at radius 2 is 2.14 bits per heavy atom. The summed E-state index contributed by atoms with van der Waals surface area (Å²) in [5, 5.41) is 23.0. The largest absolute Gasteiger partial charge is 0.348 e. The minimum atomic E-state index is 0.0258. The summed E-state index contributed by atoms with van der Waals surface area (Å²) < 4.78 is 2.30. The lowest BCUT2D eigenvalue weighted by atomic mass is 10.2. The second-order valence-corrected chi connectivity index (χ2v) is 5.76. The van der Waals surface area contributed by atoms with Crippen LogP contribution in [0.25, 0.3) is 11.3 Å². The first-order valence-corrected chi connectivity index (χ1v) is 7.88. The number of aryl methyl sites for hydroxylation is 1. The van der Waals surface area contributed by atoms with Gasteiger partial charge in [0.1, 0.15) is 17.7 Å². The molecular weight excluding hydrogens is 294 g/mol. The van der Waals surface area contributed by atoms with E-state index in [1.54, 1.807) is 12.1 Å². The van der Waals surface area contributed by atoms with Crippen LogP contribution < -0.4 is 5.32 Å². The normalized spacial score (nSPS) is 9.86. The van der Waals surface area contributed by atoms with Crippen molar-refractivity contribution >= 4 is 16.5 Å². The van der Waals surface area contributed by atoms with Gasteiger partial charge in [0.2, 0.25) is 0 Å². The first-order valence-electron chi connectivity index (χ1n) is 7.00. The molecule has 0 atom stereocenters. The number of aromatic nitrogens is 2. The Hall–Kier alpha value is -2.57. The zero-order chi connectivity index (χ0) is 16.1. The van der Waals surface area contributed by atoms with Crippen molar-refractivity contribution in [3.63, 3.8) is 0 Å². The molecule has 0 aliphatic rings. The number of hydrogen-bond donors (Lipinski definition) is 1. The lowest BCUT2D eigenvalue weighted by Gasteiger charge is -2.07. The molecule has 22 heavy (non-hydrogen) atoms. The van der Waals surface area contributed by atoms with Crippen LogP contribution in [0.1, 0.15) is 24.7 Å². The highest BCUT2D eigenvalue weighted by atomic mass is 32.1. The van der Waals surface area contributed by atoms with E-state index < -0.39 is 0 Å². The standard InChI is InChI=1S/C16H17N5S/c1-4-5-21-11(2)6-14(12(21)3)15-10-22-16(20-15)19-9-13(7-17)8-18/h6,9-10H,4-5H2,1-3H3,(H,19,20). The SMILES string of the molecule is CCCn1c(C)cc(-c2csc(NC=C(C#N)C#N)n2)c1C. The molecule has 0 saturated heterocycles. The molecule has 0 unspecified atom stereocenters. The van der Waals surface area contributed by atoms with E-state index in [0.29, 0.717) is 5.13 Å². The van der Waals surface area contributed by atoms with Crippen molar-refractivity contribution in [1.29, 1.82) is 10.5 Å². The molecule has 0 amide bonds. The maximum atomic E-state index is 8.71. The first kappa shape index (κ1) is 15.8. The first-order chi connectivity index (χ1) is 10.6. The summed E-state index contributed by atoms with van der Waals surface area (Å²) in [6, 6.07) is 5.76. The molecule has 0 fully saturated rings. The summed E-state index contributed by atoms with van der Waals surface area (Å²) in [4.78, 5) is 4.53. The second kappa shape index (κ2) is 6.93. The molecule has 2 heterocycles. The monoisotopic (exact) mass is 311 g/mol. The maximum Gasteiger partial charge on any atom is 0.187 e. The Morgan fingerprint density at radius 3 is 2.77 bits per heavy atom. The molecule has 6 heteroatoms. The fourth-order valence-corrected chi connectivity index (χ4v) is 3.00. The Kier molecular flexibility index (Phi) is 4.98. The number of thiazole rings is 1. The van der Waals surface area contributed by atoms with Gasteiger partial charge >= 0.3 is 0 Å². The molecule has 112 valence electrons. The molecule has 5 nitrogen and oxygen atoms in total. The Morgan fingerprint density at radius 1 is 1.41 bits per heavy atom. The van der Waals surface area contributed by atoms with Crippen LogP contribution in [0.5, 0.6) is 0 Å². The fraction of sp³-hybridized carbons (Fsp3) is 0.312. The molecule has 0 bridgehead atoms. The summed E-state index contributed by atoms with van der Waals surface area (Å²) in [5.41, 5.74) is 4.50. The van der Waals surface area contributed by atoms with Gasteiger partial charge in [-0.2, -0.15) is 10.5 Å². The zero-order valence-corrected chi connectivity index (χ0v) is 13.7. The molecule has 1 N–H and O–H groups in total. The fourth-order valence-electron chi connectivity index (χ4n) is 2.32. The van der Waals surface area contributed by atoms with Gasteiger partial charge < -0.3 is 9.88 Å². The third-order valence-corrected chi connectivity index (χ3v) is 4.16. The van der Waals surface area contributed by atoms with Crippen molar-refractivity contribution in [2.24, 2.45) is 0 Å². The van der Waals surface area contributed by atoms with E-state index in [2.05, 4.69) is 41.7 Å². The Balaban J connectivity index is 2.26. The lowest BCUT2D eigenvalue weighted by Crippen LogP contribution is -2.01. The number of hydrogen-bond acceptors (Lipinski definition) is 5. The van der Waals surface area contributed by atoms with Gasteiger partial charge in [0.15, 0.2) is 5.13 Å². The average molecular weight is 311 g/mol. The maximum absolute atomic E-state index is 8.71. The second-order valence-electron chi connectivity index (χ2n) is 4.90. The summed E-state index contributed by atoms with van der Waals surface area (Å²) in [7, 11) is 0. The smallest absolute Gasteiger partial charge is 0.187 e. The number of allylic oxidation sites excluding steroid dienone is 1. The molecule has 0 aliphatic heterocycles. The molecule has 0 aromatic carbocycles. The van der Waals surface area contributed by atoms with Gasteiger partial charge in [0.25, 0.3) is 0 Å². The highest BCUT2D eigenvalue weighted by molar-refractivity contribution is 7.14. The van der Waals surface area contributed by atoms with Crippen LogP contribution in [0.3, 0.4) is 0 Å².